The molecule has 0 aliphatic heterocycles. The Labute approximate surface area is 112 Å². The summed E-state index contributed by atoms with van der Waals surface area (Å²) in [6.07, 6.45) is 4.86. The quantitative estimate of drug-likeness (QED) is 0.849. The molecular formula is C14H19N3S. The van der Waals surface area contributed by atoms with E-state index in [1.165, 1.54) is 24.1 Å². The third-order valence-electron chi connectivity index (χ3n) is 3.14. The maximum absolute atomic E-state index is 4.78. The average Bonchev–Trinajstić information content (AvgIpc) is 2.63. The Morgan fingerprint density at radius 2 is 1.94 bits per heavy atom. The molecule has 1 N–H and O–H groups in total. The summed E-state index contributed by atoms with van der Waals surface area (Å²) in [7, 11) is 0. The van der Waals surface area contributed by atoms with E-state index in [1.807, 2.05) is 0 Å². The molecule has 1 aliphatic rings. The fourth-order valence-electron chi connectivity index (χ4n) is 2.36. The molecule has 0 radical (unpaired) electrons. The van der Waals surface area contributed by atoms with Crippen LogP contribution in [0.5, 0.6) is 0 Å². The maximum Gasteiger partial charge on any atom is 0.185 e. The molecule has 0 fully saturated rings. The van der Waals surface area contributed by atoms with Gasteiger partial charge in [0.05, 0.1) is 0 Å². The Balaban J connectivity index is 2.01. The van der Waals surface area contributed by atoms with Crippen molar-refractivity contribution in [3.05, 3.63) is 17.3 Å². The van der Waals surface area contributed by atoms with Crippen LogP contribution in [0, 0.1) is 0 Å². The van der Waals surface area contributed by atoms with Crippen LogP contribution in [0.15, 0.2) is 6.07 Å². The molecule has 0 unspecified atom stereocenters. The highest BCUT2D eigenvalue weighted by Gasteiger charge is 2.16. The number of hydrogen-bond donors (Lipinski definition) is 1. The van der Waals surface area contributed by atoms with Gasteiger partial charge in [0, 0.05) is 11.2 Å². The lowest BCUT2D eigenvalue weighted by Gasteiger charge is -2.19. The average molecular weight is 261 g/mol. The SMILES string of the molecule is CC(C)(C)Nc1nc2cc3c(nc2s1)CCCC3. The van der Waals surface area contributed by atoms with Gasteiger partial charge in [-0.2, -0.15) is 0 Å². The first-order valence-electron chi connectivity index (χ1n) is 6.59. The number of hydrogen-bond acceptors (Lipinski definition) is 4. The Morgan fingerprint density at radius 1 is 1.17 bits per heavy atom. The molecule has 0 spiro atoms. The van der Waals surface area contributed by atoms with Gasteiger partial charge in [0.25, 0.3) is 0 Å². The van der Waals surface area contributed by atoms with E-state index in [2.05, 4.69) is 37.1 Å². The van der Waals surface area contributed by atoms with Gasteiger partial charge in [0.2, 0.25) is 0 Å². The van der Waals surface area contributed by atoms with Crippen LogP contribution in [-0.4, -0.2) is 15.5 Å². The molecular weight excluding hydrogens is 242 g/mol. The molecule has 3 rings (SSSR count). The second kappa shape index (κ2) is 4.19. The lowest BCUT2D eigenvalue weighted by Crippen LogP contribution is -2.25. The number of aromatic nitrogens is 2. The van der Waals surface area contributed by atoms with Crippen molar-refractivity contribution in [1.29, 1.82) is 0 Å². The molecule has 0 aromatic carbocycles. The third-order valence-corrected chi connectivity index (χ3v) is 4.02. The molecule has 0 saturated carbocycles. The third kappa shape index (κ3) is 2.34. The lowest BCUT2D eigenvalue weighted by atomic mass is 9.96. The highest BCUT2D eigenvalue weighted by Crippen LogP contribution is 2.30. The molecule has 2 aromatic heterocycles. The van der Waals surface area contributed by atoms with Gasteiger partial charge in [-0.15, -0.1) is 0 Å². The van der Waals surface area contributed by atoms with Crippen molar-refractivity contribution in [2.24, 2.45) is 0 Å². The summed E-state index contributed by atoms with van der Waals surface area (Å²) in [6, 6.07) is 2.24. The Kier molecular flexibility index (Phi) is 2.77. The summed E-state index contributed by atoms with van der Waals surface area (Å²) < 4.78 is 0. The molecule has 0 bridgehead atoms. The van der Waals surface area contributed by atoms with Crippen LogP contribution in [0.3, 0.4) is 0 Å². The summed E-state index contributed by atoms with van der Waals surface area (Å²) in [5.41, 5.74) is 3.79. The van der Waals surface area contributed by atoms with Gasteiger partial charge in [0.1, 0.15) is 10.3 Å². The van der Waals surface area contributed by atoms with E-state index in [-0.39, 0.29) is 5.54 Å². The Hall–Kier alpha value is -1.16. The van der Waals surface area contributed by atoms with Gasteiger partial charge in [-0.3, -0.25) is 0 Å². The standard InChI is InChI=1S/C14H19N3S/c1-14(2,3)17-13-16-11-8-9-6-4-5-7-10(9)15-12(11)18-13/h8H,4-7H2,1-3H3,(H,16,17). The molecule has 1 aliphatic carbocycles. The van der Waals surface area contributed by atoms with Gasteiger partial charge in [-0.1, -0.05) is 11.3 Å². The minimum atomic E-state index is 0.0491. The zero-order valence-electron chi connectivity index (χ0n) is 11.2. The first-order valence-corrected chi connectivity index (χ1v) is 7.40. The Morgan fingerprint density at radius 3 is 2.72 bits per heavy atom. The van der Waals surface area contributed by atoms with Crippen molar-refractivity contribution in [3.8, 4) is 0 Å². The van der Waals surface area contributed by atoms with Crippen molar-refractivity contribution in [2.45, 2.75) is 52.0 Å². The van der Waals surface area contributed by atoms with Gasteiger partial charge in [-0.05, 0) is 58.1 Å². The monoisotopic (exact) mass is 261 g/mol. The summed E-state index contributed by atoms with van der Waals surface area (Å²) in [5.74, 6) is 0. The van der Waals surface area contributed by atoms with Crippen LogP contribution in [0.1, 0.15) is 44.9 Å². The number of fused-ring (bicyclic) bond motifs is 2. The summed E-state index contributed by atoms with van der Waals surface area (Å²) in [5, 5.41) is 4.41. The number of nitrogens with zero attached hydrogens (tertiary/aromatic N) is 2. The van der Waals surface area contributed by atoms with Crippen LogP contribution in [0.25, 0.3) is 10.3 Å². The fraction of sp³-hybridized carbons (Fsp3) is 0.571. The van der Waals surface area contributed by atoms with Gasteiger partial charge in [-0.25, -0.2) is 9.97 Å². The van der Waals surface area contributed by atoms with Crippen molar-refractivity contribution in [2.75, 3.05) is 5.32 Å². The van der Waals surface area contributed by atoms with Crippen LogP contribution in [0.4, 0.5) is 5.13 Å². The van der Waals surface area contributed by atoms with E-state index in [4.69, 9.17) is 4.98 Å². The molecule has 4 heteroatoms. The topological polar surface area (TPSA) is 37.8 Å². The van der Waals surface area contributed by atoms with E-state index in [1.54, 1.807) is 11.3 Å². The zero-order valence-corrected chi connectivity index (χ0v) is 12.0. The fourth-order valence-corrected chi connectivity index (χ4v) is 3.41. The van der Waals surface area contributed by atoms with E-state index in [0.717, 1.165) is 28.3 Å². The summed E-state index contributed by atoms with van der Waals surface area (Å²) in [6.45, 7) is 6.45. The van der Waals surface area contributed by atoms with E-state index in [0.29, 0.717) is 0 Å². The summed E-state index contributed by atoms with van der Waals surface area (Å²) >= 11 is 1.66. The van der Waals surface area contributed by atoms with Crippen LogP contribution >= 0.6 is 11.3 Å². The van der Waals surface area contributed by atoms with Gasteiger partial charge < -0.3 is 5.32 Å². The number of pyridine rings is 1. The Bertz CT molecular complexity index is 537. The molecule has 2 heterocycles. The lowest BCUT2D eigenvalue weighted by molar-refractivity contribution is 0.633. The molecule has 0 amide bonds. The molecule has 2 aromatic rings. The number of anilines is 1. The van der Waals surface area contributed by atoms with Crippen LogP contribution < -0.4 is 5.32 Å². The largest absolute Gasteiger partial charge is 0.357 e. The van der Waals surface area contributed by atoms with E-state index in [9.17, 15) is 0 Å². The highest BCUT2D eigenvalue weighted by atomic mass is 32.1. The number of nitrogens with one attached hydrogen (secondary N) is 1. The number of rotatable bonds is 1. The highest BCUT2D eigenvalue weighted by molar-refractivity contribution is 7.21. The minimum Gasteiger partial charge on any atom is -0.357 e. The normalized spacial score (nSPS) is 15.7. The minimum absolute atomic E-state index is 0.0491. The van der Waals surface area contributed by atoms with Crippen molar-refractivity contribution < 1.29 is 0 Å². The molecule has 18 heavy (non-hydrogen) atoms. The number of thiazole rings is 1. The second-order valence-electron chi connectivity index (χ2n) is 6.02. The molecule has 0 saturated heterocycles. The first kappa shape index (κ1) is 11.9. The van der Waals surface area contributed by atoms with Crippen molar-refractivity contribution in [3.63, 3.8) is 0 Å². The van der Waals surface area contributed by atoms with Crippen LogP contribution in [0.2, 0.25) is 0 Å². The van der Waals surface area contributed by atoms with E-state index >= 15 is 0 Å². The second-order valence-corrected chi connectivity index (χ2v) is 7.00. The molecule has 3 nitrogen and oxygen atoms in total. The molecule has 96 valence electrons. The van der Waals surface area contributed by atoms with Crippen molar-refractivity contribution in [1.82, 2.24) is 9.97 Å². The van der Waals surface area contributed by atoms with Gasteiger partial charge in [0.15, 0.2) is 5.13 Å². The molecule has 0 atom stereocenters. The maximum atomic E-state index is 4.78. The zero-order chi connectivity index (χ0) is 12.8. The first-order chi connectivity index (χ1) is 8.51. The summed E-state index contributed by atoms with van der Waals surface area (Å²) in [4.78, 5) is 10.5. The van der Waals surface area contributed by atoms with Gasteiger partial charge >= 0.3 is 0 Å². The van der Waals surface area contributed by atoms with Crippen LogP contribution in [-0.2, 0) is 12.8 Å². The predicted molar refractivity (Wildman–Crippen MR) is 77.4 cm³/mol. The van der Waals surface area contributed by atoms with E-state index < -0.39 is 0 Å². The predicted octanol–water partition coefficient (Wildman–Crippen LogP) is 3.78. The smallest absolute Gasteiger partial charge is 0.185 e. The number of aryl methyl sites for hydroxylation is 2. The van der Waals surface area contributed by atoms with Crippen molar-refractivity contribution >= 4 is 26.8 Å².